The Kier molecular flexibility index (Phi) is 4.18. The third-order valence-corrected chi connectivity index (χ3v) is 4.02. The summed E-state index contributed by atoms with van der Waals surface area (Å²) < 4.78 is 11.5. The summed E-state index contributed by atoms with van der Waals surface area (Å²) in [5.74, 6) is 1.77. The Balaban J connectivity index is 1.64. The van der Waals surface area contributed by atoms with Crippen LogP contribution in [0.3, 0.4) is 0 Å². The molecule has 0 amide bonds. The lowest BCUT2D eigenvalue weighted by Gasteiger charge is -2.10. The largest absolute Gasteiger partial charge is 0.491 e. The minimum atomic E-state index is 0.306. The van der Waals surface area contributed by atoms with Crippen molar-refractivity contribution in [2.24, 2.45) is 0 Å². The maximum absolute atomic E-state index is 5.76. The molecule has 1 aliphatic heterocycles. The number of thiazole rings is 1. The van der Waals surface area contributed by atoms with E-state index in [-0.39, 0.29) is 0 Å². The average molecular weight is 290 g/mol. The normalized spacial score (nSPS) is 16.8. The van der Waals surface area contributed by atoms with Crippen molar-refractivity contribution < 1.29 is 9.47 Å². The van der Waals surface area contributed by atoms with E-state index in [1.165, 1.54) is 5.56 Å². The first kappa shape index (κ1) is 13.4. The van der Waals surface area contributed by atoms with Crippen LogP contribution in [0.25, 0.3) is 0 Å². The average Bonchev–Trinajstić information content (AvgIpc) is 3.12. The summed E-state index contributed by atoms with van der Waals surface area (Å²) in [7, 11) is 0. The zero-order valence-corrected chi connectivity index (χ0v) is 12.3. The van der Waals surface area contributed by atoms with Crippen molar-refractivity contribution in [2.75, 3.05) is 13.2 Å². The fourth-order valence-corrected chi connectivity index (χ4v) is 2.74. The smallest absolute Gasteiger partial charge is 0.128 e. The first-order chi connectivity index (χ1) is 9.86. The van der Waals surface area contributed by atoms with Crippen LogP contribution in [-0.4, -0.2) is 18.1 Å². The predicted molar refractivity (Wildman–Crippen MR) is 79.4 cm³/mol. The molecule has 0 spiro atoms. The Morgan fingerprint density at radius 3 is 3.25 bits per heavy atom. The second-order valence-corrected chi connectivity index (χ2v) is 5.74. The summed E-state index contributed by atoms with van der Waals surface area (Å²) >= 11 is 1.60. The van der Waals surface area contributed by atoms with E-state index in [2.05, 4.69) is 23.3 Å². The second kappa shape index (κ2) is 6.24. The zero-order chi connectivity index (χ0) is 13.8. The van der Waals surface area contributed by atoms with Crippen LogP contribution in [0.1, 0.15) is 29.8 Å². The molecule has 0 fully saturated rings. The molecular weight excluding hydrogens is 272 g/mol. The first-order valence-corrected chi connectivity index (χ1v) is 7.75. The van der Waals surface area contributed by atoms with E-state index in [0.29, 0.717) is 19.3 Å². The van der Waals surface area contributed by atoms with Gasteiger partial charge in [-0.25, -0.2) is 0 Å². The molecule has 0 radical (unpaired) electrons. The van der Waals surface area contributed by atoms with Crippen LogP contribution in [0, 0.1) is 0 Å². The first-order valence-electron chi connectivity index (χ1n) is 6.87. The molecule has 1 aliphatic rings. The van der Waals surface area contributed by atoms with E-state index in [9.17, 15) is 0 Å². The van der Waals surface area contributed by atoms with Gasteiger partial charge in [0, 0.05) is 17.8 Å². The lowest BCUT2D eigenvalue weighted by Crippen LogP contribution is -2.22. The molecule has 1 unspecified atom stereocenters. The summed E-state index contributed by atoms with van der Waals surface area (Å²) in [4.78, 5) is 5.16. The van der Waals surface area contributed by atoms with Crippen molar-refractivity contribution in [3.63, 3.8) is 0 Å². The highest BCUT2D eigenvalue weighted by molar-refractivity contribution is 7.09. The molecule has 20 heavy (non-hydrogen) atoms. The molecule has 1 aromatic heterocycles. The van der Waals surface area contributed by atoms with Gasteiger partial charge < -0.3 is 14.8 Å². The van der Waals surface area contributed by atoms with Gasteiger partial charge in [-0.2, -0.15) is 0 Å². The van der Waals surface area contributed by atoms with Gasteiger partial charge in [-0.15, -0.1) is 11.3 Å². The van der Waals surface area contributed by atoms with Crippen LogP contribution >= 0.6 is 11.3 Å². The molecular formula is C15H18N2O2S. The Hall–Kier alpha value is -1.59. The highest BCUT2D eigenvalue weighted by Crippen LogP contribution is 2.35. The van der Waals surface area contributed by atoms with Gasteiger partial charge in [0.15, 0.2) is 0 Å². The monoisotopic (exact) mass is 290 g/mol. The number of rotatable bonds is 6. The Morgan fingerprint density at radius 2 is 2.45 bits per heavy atom. The van der Waals surface area contributed by atoms with Crippen molar-refractivity contribution in [3.05, 3.63) is 40.3 Å². The fraction of sp³-hybridized carbons (Fsp3) is 0.400. The van der Waals surface area contributed by atoms with Gasteiger partial charge in [-0.1, -0.05) is 6.92 Å². The van der Waals surface area contributed by atoms with E-state index in [1.807, 2.05) is 23.8 Å². The number of nitrogens with one attached hydrogen (secondary N) is 1. The minimum Gasteiger partial charge on any atom is -0.491 e. The fourth-order valence-electron chi connectivity index (χ4n) is 2.24. The number of hydrogen-bond acceptors (Lipinski definition) is 5. The Labute approximate surface area is 122 Å². The number of nitrogens with zero attached hydrogens (tertiary/aromatic N) is 1. The molecule has 3 rings (SSSR count). The molecule has 1 aromatic carbocycles. The molecule has 2 heterocycles. The lowest BCUT2D eigenvalue weighted by molar-refractivity contribution is 0.299. The van der Waals surface area contributed by atoms with Crippen molar-refractivity contribution >= 4 is 11.3 Å². The van der Waals surface area contributed by atoms with E-state index in [4.69, 9.17) is 9.47 Å². The van der Waals surface area contributed by atoms with Crippen LogP contribution in [0.5, 0.6) is 11.5 Å². The molecule has 5 heteroatoms. The number of aromatic nitrogens is 1. The van der Waals surface area contributed by atoms with E-state index >= 15 is 0 Å². The minimum absolute atomic E-state index is 0.306. The van der Waals surface area contributed by atoms with Gasteiger partial charge >= 0.3 is 0 Å². The van der Waals surface area contributed by atoms with Gasteiger partial charge in [0.25, 0.3) is 0 Å². The van der Waals surface area contributed by atoms with E-state index in [1.54, 1.807) is 11.3 Å². The molecule has 0 aliphatic carbocycles. The van der Waals surface area contributed by atoms with Crippen LogP contribution in [-0.2, 0) is 6.61 Å². The Bertz CT molecular complexity index is 557. The van der Waals surface area contributed by atoms with Gasteiger partial charge in [-0.05, 0) is 25.1 Å². The molecule has 1 atom stereocenters. The standard InChI is InChI=1S/C15H18N2O2S/c1-2-5-17-14-9-19-15-6-11(3-4-13(14)15)18-8-12-7-16-10-20-12/h3-4,6-7,10,14,17H,2,5,8-9H2,1H3. The highest BCUT2D eigenvalue weighted by atomic mass is 32.1. The predicted octanol–water partition coefficient (Wildman–Crippen LogP) is 3.16. The van der Waals surface area contributed by atoms with E-state index < -0.39 is 0 Å². The number of benzene rings is 1. The molecule has 4 nitrogen and oxygen atoms in total. The topological polar surface area (TPSA) is 43.4 Å². The van der Waals surface area contributed by atoms with Gasteiger partial charge in [0.05, 0.1) is 16.4 Å². The highest BCUT2D eigenvalue weighted by Gasteiger charge is 2.23. The SMILES string of the molecule is CCCNC1COc2cc(OCc3cncs3)ccc21. The number of ether oxygens (including phenoxy) is 2. The summed E-state index contributed by atoms with van der Waals surface area (Å²) in [6.45, 7) is 4.44. The molecule has 0 bridgehead atoms. The quantitative estimate of drug-likeness (QED) is 0.887. The van der Waals surface area contributed by atoms with Crippen LogP contribution in [0.15, 0.2) is 29.9 Å². The third-order valence-electron chi connectivity index (χ3n) is 3.27. The second-order valence-electron chi connectivity index (χ2n) is 4.77. The van der Waals surface area contributed by atoms with Crippen molar-refractivity contribution in [1.29, 1.82) is 0 Å². The zero-order valence-electron chi connectivity index (χ0n) is 11.5. The number of fused-ring (bicyclic) bond motifs is 1. The third kappa shape index (κ3) is 2.94. The maximum Gasteiger partial charge on any atom is 0.128 e. The molecule has 0 saturated carbocycles. The number of hydrogen-bond donors (Lipinski definition) is 1. The summed E-state index contributed by atoms with van der Waals surface area (Å²) in [6, 6.07) is 6.39. The van der Waals surface area contributed by atoms with Crippen LogP contribution in [0.4, 0.5) is 0 Å². The lowest BCUT2D eigenvalue weighted by atomic mass is 10.1. The molecule has 2 aromatic rings. The van der Waals surface area contributed by atoms with Crippen LogP contribution in [0.2, 0.25) is 0 Å². The van der Waals surface area contributed by atoms with Crippen molar-refractivity contribution in [1.82, 2.24) is 10.3 Å². The summed E-state index contributed by atoms with van der Waals surface area (Å²) in [5, 5.41) is 3.49. The molecule has 106 valence electrons. The molecule has 0 saturated heterocycles. The van der Waals surface area contributed by atoms with Crippen LogP contribution < -0.4 is 14.8 Å². The van der Waals surface area contributed by atoms with Gasteiger partial charge in [0.1, 0.15) is 24.7 Å². The van der Waals surface area contributed by atoms with E-state index in [0.717, 1.165) is 29.3 Å². The van der Waals surface area contributed by atoms with Gasteiger partial charge in [-0.3, -0.25) is 4.98 Å². The van der Waals surface area contributed by atoms with Gasteiger partial charge in [0.2, 0.25) is 0 Å². The Morgan fingerprint density at radius 1 is 1.50 bits per heavy atom. The van der Waals surface area contributed by atoms with Crippen molar-refractivity contribution in [2.45, 2.75) is 26.0 Å². The summed E-state index contributed by atoms with van der Waals surface area (Å²) in [6.07, 6.45) is 2.96. The van der Waals surface area contributed by atoms with Crippen molar-refractivity contribution in [3.8, 4) is 11.5 Å². The molecule has 1 N–H and O–H groups in total. The summed E-state index contributed by atoms with van der Waals surface area (Å²) in [5.41, 5.74) is 3.04. The maximum atomic E-state index is 5.76.